The molecule has 108 heavy (non-hydrogen) atoms. The van der Waals surface area contributed by atoms with Gasteiger partial charge in [-0.25, -0.2) is 0 Å². The van der Waals surface area contributed by atoms with Crippen LogP contribution in [0.1, 0.15) is 122 Å². The van der Waals surface area contributed by atoms with Gasteiger partial charge in [0.2, 0.25) is 82.7 Å². The van der Waals surface area contributed by atoms with E-state index in [1.807, 2.05) is 13.8 Å². The van der Waals surface area contributed by atoms with E-state index in [1.54, 1.807) is 74.8 Å². The first-order valence-electron chi connectivity index (χ1n) is 36.3. The van der Waals surface area contributed by atoms with Crippen LogP contribution in [0.2, 0.25) is 0 Å². The van der Waals surface area contributed by atoms with Crippen molar-refractivity contribution in [1.29, 1.82) is 0 Å². The lowest BCUT2D eigenvalue weighted by atomic mass is 9.98. The van der Waals surface area contributed by atoms with Crippen LogP contribution < -0.4 is 92.5 Å². The lowest BCUT2D eigenvalue weighted by Gasteiger charge is -2.27. The number of nitrogens with one attached hydrogen (secondary N) is 14. The minimum atomic E-state index is -1.51. The van der Waals surface area contributed by atoms with E-state index in [9.17, 15) is 77.3 Å². The maximum atomic E-state index is 14.9. The van der Waals surface area contributed by atoms with E-state index in [0.717, 1.165) is 6.42 Å². The van der Waals surface area contributed by atoms with E-state index in [0.29, 0.717) is 51.3 Å². The summed E-state index contributed by atoms with van der Waals surface area (Å²) in [6.45, 7) is 6.63. The molecule has 14 amide bonds. The molecule has 2 aromatic heterocycles. The predicted octanol–water partition coefficient (Wildman–Crippen LogP) is -3.07. The highest BCUT2D eigenvalue weighted by Crippen LogP contribution is 2.22. The predicted molar refractivity (Wildman–Crippen MR) is 400 cm³/mol. The van der Waals surface area contributed by atoms with Crippen molar-refractivity contribution in [3.8, 4) is 5.75 Å². The fraction of sp³-hybridized carbons (Fsp3) is 0.507. The highest BCUT2D eigenvalue weighted by Gasteiger charge is 2.36. The lowest BCUT2D eigenvalue weighted by molar-refractivity contribution is -0.136. The number of phenols is 1. The van der Waals surface area contributed by atoms with Gasteiger partial charge in [0.05, 0.1) is 26.1 Å². The molecule has 35 nitrogen and oxygen atoms in total. The van der Waals surface area contributed by atoms with Gasteiger partial charge in [-0.3, -0.25) is 67.1 Å². The standard InChI is InChI=1S/C73H107N19O16/c1-6-40(3)22-27-60(96)85-57(34-59(77)95)72(107)89-54(31-43-23-25-46(94)26-24-43)70(105)91-56(33-45-36-80-50-18-11-9-16-48(45)50)71(106)88-53(21-14-30-76)68(103)87-51(19-12-28-74)66(101)81-37-61(97)84-52(20-13-29-75)67(102)90-55(32-44-35-79-49-17-10-8-15-47(44)49)69(104)83-42(5)65(100)92-63(41(4)7-2)73(108)82-38-62(98)86-58(39-93)64(78)99/h8-11,15-18,23-26,35-36,40-42,51-58,63,79-80,93-94H,6-7,12-14,19-22,27-34,37-39,74-76H2,1-5H3,(H2,77,95)(H2,78,99)(H,81,101)(H,82,108)(H,83,104)(H,84,97)(H,85,96)(H,86,98)(H,87,103)(H,88,106)(H,89,107)(H,90,102)(H,91,105)(H,92,100)/t40?,41-,42-,51-,52+,53+,54+,55-,56+,57+,58-,63-/m0/s1. The number of amides is 14. The van der Waals surface area contributed by atoms with Crippen LogP contribution in [0.4, 0.5) is 0 Å². The Balaban J connectivity index is 1.34. The molecule has 0 radical (unpaired) electrons. The van der Waals surface area contributed by atoms with Crippen LogP contribution in [-0.4, -0.2) is 203 Å². The molecule has 0 spiro atoms. The molecule has 12 atom stereocenters. The number of fused-ring (bicyclic) bond motifs is 2. The number of rotatable bonds is 48. The zero-order valence-electron chi connectivity index (χ0n) is 61.6. The molecule has 0 fully saturated rings. The van der Waals surface area contributed by atoms with E-state index in [-0.39, 0.29) is 95.5 Å². The van der Waals surface area contributed by atoms with E-state index >= 15 is 0 Å². The van der Waals surface area contributed by atoms with E-state index in [2.05, 4.69) is 73.8 Å². The number of hydrogen-bond donors (Lipinski definition) is 21. The normalized spacial score (nSPS) is 14.5. The van der Waals surface area contributed by atoms with Crippen molar-refractivity contribution >= 4 is 105 Å². The fourth-order valence-electron chi connectivity index (χ4n) is 11.6. The summed E-state index contributed by atoms with van der Waals surface area (Å²) in [7, 11) is 0. The molecule has 1 unspecified atom stereocenters. The minimum absolute atomic E-state index is 0.0311. The number of aromatic amines is 2. The van der Waals surface area contributed by atoms with Gasteiger partial charge in [-0.2, -0.15) is 0 Å². The molecule has 0 aliphatic rings. The second-order valence-corrected chi connectivity index (χ2v) is 26.8. The Kier molecular flexibility index (Phi) is 36.3. The summed E-state index contributed by atoms with van der Waals surface area (Å²) in [5.41, 5.74) is 31.4. The molecule has 3 aromatic carbocycles. The van der Waals surface area contributed by atoms with Crippen LogP contribution in [-0.2, 0) is 86.4 Å². The Morgan fingerprint density at radius 1 is 0.435 bits per heavy atom. The quantitative estimate of drug-likeness (QED) is 0.0184. The third-order valence-corrected chi connectivity index (χ3v) is 18.4. The molecule has 35 heteroatoms. The Hall–Kier alpha value is -11.0. The number of hydrogen-bond acceptors (Lipinski definition) is 19. The molecule has 5 rings (SSSR count). The van der Waals surface area contributed by atoms with Crippen LogP contribution in [0, 0.1) is 11.8 Å². The summed E-state index contributed by atoms with van der Waals surface area (Å²) >= 11 is 0. The molecule has 2 heterocycles. The van der Waals surface area contributed by atoms with Crippen molar-refractivity contribution in [3.63, 3.8) is 0 Å². The van der Waals surface area contributed by atoms with E-state index < -0.39 is 175 Å². The number of phenolic OH excluding ortho intramolecular Hbond substituents is 1. The molecule has 0 saturated heterocycles. The number of carbonyl (C=O) groups is 14. The molecule has 0 bridgehead atoms. The highest BCUT2D eigenvalue weighted by atomic mass is 16.3. The number of aliphatic hydroxyl groups excluding tert-OH is 1. The van der Waals surface area contributed by atoms with Gasteiger partial charge >= 0.3 is 0 Å². The van der Waals surface area contributed by atoms with Crippen molar-refractivity contribution in [1.82, 2.24) is 73.8 Å². The van der Waals surface area contributed by atoms with Crippen molar-refractivity contribution in [3.05, 3.63) is 102 Å². The zero-order valence-corrected chi connectivity index (χ0v) is 61.6. The largest absolute Gasteiger partial charge is 0.508 e. The Bertz CT molecular complexity index is 3890. The van der Waals surface area contributed by atoms with Gasteiger partial charge in [0.25, 0.3) is 0 Å². The van der Waals surface area contributed by atoms with E-state index in [1.165, 1.54) is 31.2 Å². The second kappa shape index (κ2) is 44.8. The Morgan fingerprint density at radius 2 is 0.852 bits per heavy atom. The monoisotopic (exact) mass is 1510 g/mol. The summed E-state index contributed by atoms with van der Waals surface area (Å²) in [6.07, 6.45) is 4.02. The number of carbonyl (C=O) groups excluding carboxylic acids is 14. The number of nitrogens with two attached hydrogens (primary N) is 5. The molecule has 590 valence electrons. The third-order valence-electron chi connectivity index (χ3n) is 18.4. The Labute approximate surface area is 625 Å². The molecule has 0 aliphatic carbocycles. The highest BCUT2D eigenvalue weighted by molar-refractivity contribution is 6.00. The first-order chi connectivity index (χ1) is 51.5. The number of aliphatic hydroxyl groups is 1. The van der Waals surface area contributed by atoms with Crippen LogP contribution in [0.5, 0.6) is 5.75 Å². The van der Waals surface area contributed by atoms with Crippen LogP contribution in [0.25, 0.3) is 21.8 Å². The lowest BCUT2D eigenvalue weighted by Crippen LogP contribution is -2.60. The van der Waals surface area contributed by atoms with Gasteiger partial charge in [-0.15, -0.1) is 0 Å². The molecular formula is C73H107N19O16. The number of aromatic nitrogens is 2. The first kappa shape index (κ1) is 87.6. The number of aromatic hydroxyl groups is 1. The number of primary amides is 2. The van der Waals surface area contributed by atoms with Gasteiger partial charge < -0.3 is 113 Å². The van der Waals surface area contributed by atoms with Gasteiger partial charge in [-0.05, 0) is 124 Å². The van der Waals surface area contributed by atoms with E-state index in [4.69, 9.17) is 28.7 Å². The maximum Gasteiger partial charge on any atom is 0.243 e. The average molecular weight is 1510 g/mol. The molecule has 26 N–H and O–H groups in total. The van der Waals surface area contributed by atoms with Crippen LogP contribution >= 0.6 is 0 Å². The van der Waals surface area contributed by atoms with Crippen molar-refractivity contribution in [2.24, 2.45) is 40.5 Å². The molecule has 0 saturated carbocycles. The summed E-state index contributed by atoms with van der Waals surface area (Å²) in [5, 5.41) is 51.8. The summed E-state index contributed by atoms with van der Waals surface area (Å²) in [5.74, 6) is -12.5. The van der Waals surface area contributed by atoms with Gasteiger partial charge in [0.15, 0.2) is 0 Å². The number of para-hydroxylation sites is 2. The first-order valence-corrected chi connectivity index (χ1v) is 36.3. The second-order valence-electron chi connectivity index (χ2n) is 26.8. The summed E-state index contributed by atoms with van der Waals surface area (Å²) in [6, 6.07) is 5.86. The number of H-pyrrole nitrogens is 2. The third kappa shape index (κ3) is 28.4. The number of benzene rings is 3. The van der Waals surface area contributed by atoms with Crippen molar-refractivity contribution in [2.75, 3.05) is 39.3 Å². The topological polar surface area (TPSA) is 585 Å². The van der Waals surface area contributed by atoms with Crippen molar-refractivity contribution in [2.45, 2.75) is 185 Å². The van der Waals surface area contributed by atoms with Crippen molar-refractivity contribution < 1.29 is 77.3 Å². The van der Waals surface area contributed by atoms with Gasteiger partial charge in [0.1, 0.15) is 66.2 Å². The smallest absolute Gasteiger partial charge is 0.243 e. The maximum absolute atomic E-state index is 14.9. The molecular weight excluding hydrogens is 1400 g/mol. The summed E-state index contributed by atoms with van der Waals surface area (Å²) < 4.78 is 0. The van der Waals surface area contributed by atoms with Gasteiger partial charge in [-0.1, -0.05) is 89.1 Å². The zero-order chi connectivity index (χ0) is 79.6. The average Bonchev–Trinajstić information content (AvgIpc) is 1.70. The van der Waals surface area contributed by atoms with Gasteiger partial charge in [0, 0.05) is 59.9 Å². The van der Waals surface area contributed by atoms with Crippen LogP contribution in [0.3, 0.4) is 0 Å². The SMILES string of the molecule is CCC(C)CCC(=O)N[C@H](CC(N)=O)C(=O)N[C@H](Cc1ccc(O)cc1)C(=O)N[C@H](Cc1c[nH]c2ccccc12)C(=O)N[C@H](CCCN)C(=O)N[C@@H](CCCN)C(=O)NCC(=O)N[C@H](CCCN)C(=O)N[C@@H](Cc1c[nH]c2ccccc12)C(=O)N[C@@H](C)C(=O)N[C@H](C(=O)NCC(=O)N[C@@H](CO)C(N)=O)[C@@H](C)CC. The molecule has 0 aliphatic heterocycles. The summed E-state index contributed by atoms with van der Waals surface area (Å²) in [4.78, 5) is 198. The van der Waals surface area contributed by atoms with Crippen LogP contribution in [0.15, 0.2) is 85.2 Å². The Morgan fingerprint density at radius 3 is 1.31 bits per heavy atom. The molecule has 5 aromatic rings. The fourth-order valence-corrected chi connectivity index (χ4v) is 11.6. The minimum Gasteiger partial charge on any atom is -0.508 e.